The summed E-state index contributed by atoms with van der Waals surface area (Å²) in [4.78, 5) is 14.8. The molecule has 1 heterocycles. The molecule has 21 heavy (non-hydrogen) atoms. The Bertz CT molecular complexity index is 525. The largest absolute Gasteiger partial charge is 0.334 e. The Kier molecular flexibility index (Phi) is 4.72. The molecule has 0 radical (unpaired) electrons. The Morgan fingerprint density at radius 3 is 2.71 bits per heavy atom. The highest BCUT2D eigenvalue weighted by molar-refractivity contribution is 6.35. The topological polar surface area (TPSA) is 32.3 Å². The SMILES string of the molecule is O=C(c1cc(Cl)ccc1Cl)N(CC1CCCCN1)C1CC1. The second kappa shape index (κ2) is 6.55. The van der Waals surface area contributed by atoms with Gasteiger partial charge in [-0.3, -0.25) is 4.79 Å². The highest BCUT2D eigenvalue weighted by Gasteiger charge is 2.35. The molecular formula is C16H20Cl2N2O. The van der Waals surface area contributed by atoms with Gasteiger partial charge in [0.1, 0.15) is 0 Å². The minimum absolute atomic E-state index is 0.0115. The first-order chi connectivity index (χ1) is 10.1. The zero-order chi connectivity index (χ0) is 14.8. The smallest absolute Gasteiger partial charge is 0.255 e. The minimum Gasteiger partial charge on any atom is -0.334 e. The van der Waals surface area contributed by atoms with Gasteiger partial charge in [0.05, 0.1) is 10.6 Å². The maximum absolute atomic E-state index is 12.8. The van der Waals surface area contributed by atoms with Gasteiger partial charge in [0.2, 0.25) is 0 Å². The third kappa shape index (κ3) is 3.71. The fourth-order valence-electron chi connectivity index (χ4n) is 2.92. The standard InChI is InChI=1S/C16H20Cl2N2O/c17-11-4-7-15(18)14(9-11)16(21)20(13-5-6-13)10-12-3-1-2-8-19-12/h4,7,9,12-13,19H,1-3,5-6,8,10H2. The van der Waals surface area contributed by atoms with E-state index in [0.717, 1.165) is 32.4 Å². The van der Waals surface area contributed by atoms with E-state index in [0.29, 0.717) is 27.7 Å². The van der Waals surface area contributed by atoms with E-state index in [1.54, 1.807) is 18.2 Å². The van der Waals surface area contributed by atoms with Gasteiger partial charge in [-0.05, 0) is 50.4 Å². The molecule has 1 atom stereocenters. The van der Waals surface area contributed by atoms with Crippen molar-refractivity contribution in [2.45, 2.75) is 44.2 Å². The summed E-state index contributed by atoms with van der Waals surface area (Å²) in [6.45, 7) is 1.82. The van der Waals surface area contributed by atoms with Crippen LogP contribution in [0.2, 0.25) is 10.0 Å². The van der Waals surface area contributed by atoms with Gasteiger partial charge in [-0.1, -0.05) is 29.6 Å². The number of carbonyl (C=O) groups is 1. The molecule has 114 valence electrons. The number of hydrogen-bond donors (Lipinski definition) is 1. The highest BCUT2D eigenvalue weighted by Crippen LogP contribution is 2.31. The number of hydrogen-bond acceptors (Lipinski definition) is 2. The molecule has 2 fully saturated rings. The molecule has 1 aliphatic heterocycles. The van der Waals surface area contributed by atoms with Gasteiger partial charge >= 0.3 is 0 Å². The van der Waals surface area contributed by atoms with Crippen molar-refractivity contribution in [1.29, 1.82) is 0 Å². The van der Waals surface area contributed by atoms with Crippen LogP contribution < -0.4 is 5.32 Å². The number of nitrogens with one attached hydrogen (secondary N) is 1. The Labute approximate surface area is 135 Å². The Morgan fingerprint density at radius 1 is 1.24 bits per heavy atom. The van der Waals surface area contributed by atoms with Gasteiger partial charge < -0.3 is 10.2 Å². The highest BCUT2D eigenvalue weighted by atomic mass is 35.5. The maximum Gasteiger partial charge on any atom is 0.255 e. The van der Waals surface area contributed by atoms with Crippen LogP contribution in [-0.4, -0.2) is 36.0 Å². The van der Waals surface area contributed by atoms with Crippen molar-refractivity contribution < 1.29 is 4.79 Å². The first-order valence-corrected chi connectivity index (χ1v) is 8.40. The summed E-state index contributed by atoms with van der Waals surface area (Å²) in [6.07, 6.45) is 5.79. The Hall–Kier alpha value is -0.770. The number of piperidine rings is 1. The normalized spacial score (nSPS) is 22.1. The molecule has 1 N–H and O–H groups in total. The van der Waals surface area contributed by atoms with Crippen molar-refractivity contribution >= 4 is 29.1 Å². The van der Waals surface area contributed by atoms with Crippen LogP contribution in [0.4, 0.5) is 0 Å². The minimum atomic E-state index is 0.0115. The van der Waals surface area contributed by atoms with Crippen LogP contribution in [0.1, 0.15) is 42.5 Å². The van der Waals surface area contributed by atoms with Gasteiger partial charge in [0.15, 0.2) is 0 Å². The van der Waals surface area contributed by atoms with Crippen molar-refractivity contribution in [3.05, 3.63) is 33.8 Å². The van der Waals surface area contributed by atoms with Crippen molar-refractivity contribution in [2.24, 2.45) is 0 Å². The average Bonchev–Trinajstić information content (AvgIpc) is 3.32. The average molecular weight is 327 g/mol. The summed E-state index contributed by atoms with van der Waals surface area (Å²) in [5.74, 6) is 0.0115. The first kappa shape index (κ1) is 15.1. The van der Waals surface area contributed by atoms with Crippen LogP contribution in [0.25, 0.3) is 0 Å². The Balaban J connectivity index is 1.76. The van der Waals surface area contributed by atoms with E-state index in [-0.39, 0.29) is 5.91 Å². The van der Waals surface area contributed by atoms with Gasteiger partial charge in [-0.25, -0.2) is 0 Å². The number of benzene rings is 1. The summed E-state index contributed by atoms with van der Waals surface area (Å²) >= 11 is 12.2. The van der Waals surface area contributed by atoms with Crippen molar-refractivity contribution in [3.8, 4) is 0 Å². The lowest BCUT2D eigenvalue weighted by Gasteiger charge is -2.31. The molecule has 5 heteroatoms. The summed E-state index contributed by atoms with van der Waals surface area (Å²) in [7, 11) is 0. The summed E-state index contributed by atoms with van der Waals surface area (Å²) in [5.41, 5.74) is 0.520. The molecule has 1 amide bonds. The molecule has 3 rings (SSSR count). The molecule has 1 saturated carbocycles. The third-order valence-corrected chi connectivity index (χ3v) is 4.80. The molecule has 1 saturated heterocycles. The third-order valence-electron chi connectivity index (χ3n) is 4.24. The number of halogens is 2. The second-order valence-electron chi connectivity index (χ2n) is 5.96. The number of carbonyl (C=O) groups excluding carboxylic acids is 1. The van der Waals surface area contributed by atoms with E-state index in [1.807, 2.05) is 4.90 Å². The zero-order valence-corrected chi connectivity index (χ0v) is 13.5. The zero-order valence-electron chi connectivity index (χ0n) is 11.9. The van der Waals surface area contributed by atoms with Gasteiger partial charge in [0, 0.05) is 23.7 Å². The number of amides is 1. The van der Waals surface area contributed by atoms with E-state index >= 15 is 0 Å². The summed E-state index contributed by atoms with van der Waals surface area (Å²) < 4.78 is 0. The van der Waals surface area contributed by atoms with Crippen LogP contribution in [0, 0.1) is 0 Å². The van der Waals surface area contributed by atoms with E-state index in [2.05, 4.69) is 5.32 Å². The molecule has 1 unspecified atom stereocenters. The lowest BCUT2D eigenvalue weighted by molar-refractivity contribution is 0.0718. The lowest BCUT2D eigenvalue weighted by atomic mass is 10.0. The molecule has 1 aromatic rings. The molecule has 0 spiro atoms. The number of nitrogens with zero attached hydrogens (tertiary/aromatic N) is 1. The van der Waals surface area contributed by atoms with Crippen LogP contribution in [0.5, 0.6) is 0 Å². The van der Waals surface area contributed by atoms with Crippen molar-refractivity contribution in [2.75, 3.05) is 13.1 Å². The van der Waals surface area contributed by atoms with Gasteiger partial charge in [0.25, 0.3) is 5.91 Å². The lowest BCUT2D eigenvalue weighted by Crippen LogP contribution is -2.46. The molecule has 1 aliphatic carbocycles. The van der Waals surface area contributed by atoms with Crippen LogP contribution in [0.15, 0.2) is 18.2 Å². The predicted molar refractivity (Wildman–Crippen MR) is 86.2 cm³/mol. The Morgan fingerprint density at radius 2 is 2.05 bits per heavy atom. The van der Waals surface area contributed by atoms with E-state index in [4.69, 9.17) is 23.2 Å². The van der Waals surface area contributed by atoms with Gasteiger partial charge in [-0.15, -0.1) is 0 Å². The second-order valence-corrected chi connectivity index (χ2v) is 6.80. The molecule has 0 aromatic heterocycles. The first-order valence-electron chi connectivity index (χ1n) is 7.64. The van der Waals surface area contributed by atoms with Crippen molar-refractivity contribution in [3.63, 3.8) is 0 Å². The maximum atomic E-state index is 12.8. The summed E-state index contributed by atoms with van der Waals surface area (Å²) in [6, 6.07) is 5.86. The van der Waals surface area contributed by atoms with E-state index in [9.17, 15) is 4.79 Å². The predicted octanol–water partition coefficient (Wildman–Crippen LogP) is 3.74. The van der Waals surface area contributed by atoms with Crippen LogP contribution in [0.3, 0.4) is 0 Å². The quantitative estimate of drug-likeness (QED) is 0.914. The van der Waals surface area contributed by atoms with Crippen molar-refractivity contribution in [1.82, 2.24) is 10.2 Å². The molecule has 2 aliphatic rings. The van der Waals surface area contributed by atoms with Gasteiger partial charge in [-0.2, -0.15) is 0 Å². The van der Waals surface area contributed by atoms with E-state index in [1.165, 1.54) is 12.8 Å². The molecule has 0 bridgehead atoms. The molecular weight excluding hydrogens is 307 g/mol. The fourth-order valence-corrected chi connectivity index (χ4v) is 3.29. The fraction of sp³-hybridized carbons (Fsp3) is 0.562. The van der Waals surface area contributed by atoms with Crippen LogP contribution in [-0.2, 0) is 0 Å². The number of rotatable bonds is 4. The molecule has 1 aromatic carbocycles. The van der Waals surface area contributed by atoms with E-state index < -0.39 is 0 Å². The van der Waals surface area contributed by atoms with Crippen LogP contribution >= 0.6 is 23.2 Å². The molecule has 3 nitrogen and oxygen atoms in total. The monoisotopic (exact) mass is 326 g/mol. The summed E-state index contributed by atoms with van der Waals surface area (Å²) in [5, 5.41) is 4.54.